The fourth-order valence-corrected chi connectivity index (χ4v) is 4.03. The van der Waals surface area contributed by atoms with Crippen LogP contribution >= 0.6 is 0 Å². The zero-order valence-electron chi connectivity index (χ0n) is 16.3. The summed E-state index contributed by atoms with van der Waals surface area (Å²) >= 11 is 0. The molecule has 0 aromatic heterocycles. The minimum absolute atomic E-state index is 0.174. The molecule has 27 heavy (non-hydrogen) atoms. The molecule has 0 N–H and O–H groups in total. The van der Waals surface area contributed by atoms with Crippen molar-refractivity contribution >= 4 is 6.09 Å². The molecular weight excluding hydrogens is 342 g/mol. The van der Waals surface area contributed by atoms with Gasteiger partial charge in [-0.25, -0.2) is 4.79 Å². The molecule has 0 radical (unpaired) electrons. The number of amides is 1. The van der Waals surface area contributed by atoms with Crippen molar-refractivity contribution < 1.29 is 19.0 Å². The predicted molar refractivity (Wildman–Crippen MR) is 105 cm³/mol. The third kappa shape index (κ3) is 5.81. The second-order valence-electron chi connectivity index (χ2n) is 7.34. The molecule has 5 heteroatoms. The van der Waals surface area contributed by atoms with Crippen LogP contribution in [0.3, 0.4) is 0 Å². The number of hydrogen-bond acceptors (Lipinski definition) is 4. The quantitative estimate of drug-likeness (QED) is 0.478. The summed E-state index contributed by atoms with van der Waals surface area (Å²) in [5.41, 5.74) is 2.49. The first-order chi connectivity index (χ1) is 13.3. The van der Waals surface area contributed by atoms with Gasteiger partial charge in [0.25, 0.3) is 0 Å². The number of nitrogens with zero attached hydrogens (tertiary/aromatic N) is 1. The van der Waals surface area contributed by atoms with Gasteiger partial charge in [-0.15, -0.1) is 0 Å². The Morgan fingerprint density at radius 2 is 2.00 bits per heavy atom. The van der Waals surface area contributed by atoms with Crippen molar-refractivity contribution in [2.24, 2.45) is 0 Å². The van der Waals surface area contributed by atoms with Gasteiger partial charge in [-0.2, -0.15) is 0 Å². The molecule has 2 aliphatic heterocycles. The predicted octanol–water partition coefficient (Wildman–Crippen LogP) is 4.32. The Bertz CT molecular complexity index is 616. The molecule has 0 saturated carbocycles. The van der Waals surface area contributed by atoms with Crippen molar-refractivity contribution in [1.29, 1.82) is 0 Å². The lowest BCUT2D eigenvalue weighted by Crippen LogP contribution is -2.51. The molecule has 1 aromatic rings. The van der Waals surface area contributed by atoms with Crippen LogP contribution in [0.1, 0.15) is 44.1 Å². The van der Waals surface area contributed by atoms with E-state index in [4.69, 9.17) is 14.2 Å². The topological polar surface area (TPSA) is 48.0 Å². The van der Waals surface area contributed by atoms with Crippen molar-refractivity contribution in [3.05, 3.63) is 47.5 Å². The van der Waals surface area contributed by atoms with Crippen LogP contribution in [-0.4, -0.2) is 50.0 Å². The second-order valence-corrected chi connectivity index (χ2v) is 7.34. The Labute approximate surface area is 162 Å². The maximum Gasteiger partial charge on any atom is 0.410 e. The Morgan fingerprint density at radius 1 is 1.15 bits per heavy atom. The summed E-state index contributed by atoms with van der Waals surface area (Å²) in [5, 5.41) is 0. The van der Waals surface area contributed by atoms with Gasteiger partial charge in [0.1, 0.15) is 6.61 Å². The number of ether oxygens (including phenoxy) is 3. The van der Waals surface area contributed by atoms with E-state index in [1.54, 1.807) is 7.11 Å². The number of hydrogen-bond donors (Lipinski definition) is 0. The zero-order chi connectivity index (χ0) is 18.9. The van der Waals surface area contributed by atoms with Crippen molar-refractivity contribution in [3.8, 4) is 0 Å². The summed E-state index contributed by atoms with van der Waals surface area (Å²) in [6.07, 6.45) is 8.45. The van der Waals surface area contributed by atoms with Gasteiger partial charge in [0.2, 0.25) is 0 Å². The number of benzene rings is 1. The highest BCUT2D eigenvalue weighted by Crippen LogP contribution is 2.35. The fourth-order valence-electron chi connectivity index (χ4n) is 4.03. The van der Waals surface area contributed by atoms with E-state index >= 15 is 0 Å². The van der Waals surface area contributed by atoms with E-state index in [-0.39, 0.29) is 18.2 Å². The SMILES string of the molecule is COCCOCCCC1=CC2CCCC(C1)N2C(=O)OCc1ccccc1. The van der Waals surface area contributed by atoms with Crippen molar-refractivity contribution in [2.45, 2.75) is 57.2 Å². The molecule has 148 valence electrons. The number of carbonyl (C=O) groups excluding carboxylic acids is 1. The summed E-state index contributed by atoms with van der Waals surface area (Å²) in [5.74, 6) is 0. The smallest absolute Gasteiger partial charge is 0.410 e. The molecule has 0 spiro atoms. The molecule has 2 unspecified atom stereocenters. The first kappa shape index (κ1) is 19.9. The van der Waals surface area contributed by atoms with Crippen LogP contribution < -0.4 is 0 Å². The van der Waals surface area contributed by atoms with Gasteiger partial charge in [-0.1, -0.05) is 42.0 Å². The van der Waals surface area contributed by atoms with Crippen LogP contribution in [0, 0.1) is 0 Å². The van der Waals surface area contributed by atoms with E-state index in [1.807, 2.05) is 35.2 Å². The second kappa shape index (κ2) is 10.5. The van der Waals surface area contributed by atoms with Crippen LogP contribution in [-0.2, 0) is 20.8 Å². The highest BCUT2D eigenvalue weighted by Gasteiger charge is 2.37. The van der Waals surface area contributed by atoms with Gasteiger partial charge in [-0.3, -0.25) is 4.90 Å². The first-order valence-electron chi connectivity index (χ1n) is 10.0. The number of piperidine rings is 1. The molecule has 2 atom stereocenters. The van der Waals surface area contributed by atoms with Gasteiger partial charge in [0.15, 0.2) is 0 Å². The largest absolute Gasteiger partial charge is 0.445 e. The monoisotopic (exact) mass is 373 g/mol. The molecule has 1 aromatic carbocycles. The first-order valence-corrected chi connectivity index (χ1v) is 10.0. The zero-order valence-corrected chi connectivity index (χ0v) is 16.3. The van der Waals surface area contributed by atoms with E-state index in [9.17, 15) is 4.79 Å². The third-order valence-corrected chi connectivity index (χ3v) is 5.35. The average Bonchev–Trinajstić information content (AvgIpc) is 2.69. The molecule has 1 fully saturated rings. The van der Waals surface area contributed by atoms with E-state index in [0.29, 0.717) is 19.8 Å². The lowest BCUT2D eigenvalue weighted by atomic mass is 9.84. The van der Waals surface area contributed by atoms with Gasteiger partial charge in [0, 0.05) is 19.8 Å². The van der Waals surface area contributed by atoms with Crippen molar-refractivity contribution in [3.63, 3.8) is 0 Å². The lowest BCUT2D eigenvalue weighted by molar-refractivity contribution is 0.0472. The van der Waals surface area contributed by atoms with Gasteiger partial charge >= 0.3 is 6.09 Å². The van der Waals surface area contributed by atoms with E-state index in [1.165, 1.54) is 12.0 Å². The third-order valence-electron chi connectivity index (χ3n) is 5.35. The number of carbonyl (C=O) groups is 1. The Kier molecular flexibility index (Phi) is 7.72. The minimum Gasteiger partial charge on any atom is -0.445 e. The Morgan fingerprint density at radius 3 is 2.78 bits per heavy atom. The highest BCUT2D eigenvalue weighted by atomic mass is 16.6. The molecule has 3 rings (SSSR count). The molecule has 5 nitrogen and oxygen atoms in total. The summed E-state index contributed by atoms with van der Waals surface area (Å²) in [6.45, 7) is 2.40. The van der Waals surface area contributed by atoms with E-state index in [2.05, 4.69) is 6.08 Å². The van der Waals surface area contributed by atoms with Gasteiger partial charge in [-0.05, 0) is 44.1 Å². The molecule has 2 bridgehead atoms. The molecule has 2 aliphatic rings. The molecular formula is C22H31NO4. The van der Waals surface area contributed by atoms with Crippen LogP contribution in [0.2, 0.25) is 0 Å². The summed E-state index contributed by atoms with van der Waals surface area (Å²) in [6, 6.07) is 10.3. The normalized spacial score (nSPS) is 21.7. The molecule has 1 amide bonds. The number of methoxy groups -OCH3 is 1. The standard InChI is InChI=1S/C22H31NO4/c1-25-13-14-26-12-6-9-19-15-20-10-5-11-21(16-19)23(20)22(24)27-17-18-7-3-2-4-8-18/h2-4,7-8,15,20-21H,5-6,9-14,16-17H2,1H3. The summed E-state index contributed by atoms with van der Waals surface area (Å²) in [4.78, 5) is 14.7. The van der Waals surface area contributed by atoms with Gasteiger partial charge in [0.05, 0.1) is 19.3 Å². The molecule has 0 aliphatic carbocycles. The van der Waals surface area contributed by atoms with Crippen LogP contribution in [0.5, 0.6) is 0 Å². The fraction of sp³-hybridized carbons (Fsp3) is 0.591. The highest BCUT2D eigenvalue weighted by molar-refractivity contribution is 5.69. The maximum absolute atomic E-state index is 12.7. The van der Waals surface area contributed by atoms with E-state index in [0.717, 1.165) is 44.3 Å². The van der Waals surface area contributed by atoms with Crippen LogP contribution in [0.15, 0.2) is 42.0 Å². The average molecular weight is 373 g/mol. The summed E-state index contributed by atoms with van der Waals surface area (Å²) < 4.78 is 16.1. The van der Waals surface area contributed by atoms with Crippen molar-refractivity contribution in [1.82, 2.24) is 4.90 Å². The Hall–Kier alpha value is -1.85. The lowest BCUT2D eigenvalue weighted by Gasteiger charge is -2.44. The van der Waals surface area contributed by atoms with Crippen LogP contribution in [0.25, 0.3) is 0 Å². The minimum atomic E-state index is -0.174. The Balaban J connectivity index is 1.49. The number of fused-ring (bicyclic) bond motifs is 2. The molecule has 1 saturated heterocycles. The summed E-state index contributed by atoms with van der Waals surface area (Å²) in [7, 11) is 1.69. The van der Waals surface area contributed by atoms with Crippen molar-refractivity contribution in [2.75, 3.05) is 26.9 Å². The molecule has 2 heterocycles. The van der Waals surface area contributed by atoms with E-state index < -0.39 is 0 Å². The van der Waals surface area contributed by atoms with Gasteiger partial charge < -0.3 is 14.2 Å². The maximum atomic E-state index is 12.7. The van der Waals surface area contributed by atoms with Crippen LogP contribution in [0.4, 0.5) is 4.79 Å². The number of rotatable bonds is 9.